The van der Waals surface area contributed by atoms with Gasteiger partial charge in [0.15, 0.2) is 0 Å². The van der Waals surface area contributed by atoms with Gasteiger partial charge in [0.25, 0.3) is 11.1 Å². The minimum atomic E-state index is -0.260. The number of H-pyrrole nitrogens is 1. The number of aromatic nitrogens is 3. The van der Waals surface area contributed by atoms with Gasteiger partial charge < -0.3 is 14.3 Å². The van der Waals surface area contributed by atoms with E-state index in [1.165, 1.54) is 18.2 Å². The molecule has 1 N–H and O–H groups in total. The van der Waals surface area contributed by atoms with Gasteiger partial charge in [0.2, 0.25) is 5.91 Å². The van der Waals surface area contributed by atoms with Crippen LogP contribution in [0.3, 0.4) is 0 Å². The molecule has 0 saturated carbocycles. The minimum Gasteiger partial charge on any atom is -0.411 e. The zero-order chi connectivity index (χ0) is 19.0. The van der Waals surface area contributed by atoms with Crippen molar-refractivity contribution in [3.05, 3.63) is 30.5 Å². The van der Waals surface area contributed by atoms with E-state index in [1.54, 1.807) is 0 Å². The molecule has 1 amide bonds. The fraction of sp³-hybridized carbons (Fsp3) is 0.450. The number of amides is 1. The Morgan fingerprint density at radius 3 is 2.78 bits per heavy atom. The van der Waals surface area contributed by atoms with Crippen LogP contribution in [-0.2, 0) is 4.79 Å². The highest BCUT2D eigenvalue weighted by Crippen LogP contribution is 2.32. The van der Waals surface area contributed by atoms with Crippen molar-refractivity contribution in [2.24, 2.45) is 0 Å². The third kappa shape index (κ3) is 3.48. The summed E-state index contributed by atoms with van der Waals surface area (Å²) in [6.07, 6.45) is 5.20. The van der Waals surface area contributed by atoms with Gasteiger partial charge in [-0.1, -0.05) is 30.0 Å². The molecule has 1 fully saturated rings. The van der Waals surface area contributed by atoms with Crippen LogP contribution in [0.15, 0.2) is 40.1 Å². The lowest BCUT2D eigenvalue weighted by Gasteiger charge is -2.40. The summed E-state index contributed by atoms with van der Waals surface area (Å²) in [4.78, 5) is 18.2. The number of para-hydroxylation sites is 1. The van der Waals surface area contributed by atoms with Crippen molar-refractivity contribution in [1.82, 2.24) is 20.1 Å². The van der Waals surface area contributed by atoms with Gasteiger partial charge in [-0.2, -0.15) is 0 Å². The van der Waals surface area contributed by atoms with Gasteiger partial charge in [0.1, 0.15) is 0 Å². The Labute approximate surface area is 162 Å². The fourth-order valence-corrected chi connectivity index (χ4v) is 4.62. The quantitative estimate of drug-likeness (QED) is 0.671. The van der Waals surface area contributed by atoms with Gasteiger partial charge >= 0.3 is 0 Å². The highest BCUT2D eigenvalue weighted by molar-refractivity contribution is 8.00. The number of aromatic amines is 1. The number of nitrogens with zero attached hydrogens (tertiary/aromatic N) is 3. The molecular formula is C20H24N4O2S. The van der Waals surface area contributed by atoms with E-state index in [9.17, 15) is 4.79 Å². The van der Waals surface area contributed by atoms with Gasteiger partial charge in [-0.25, -0.2) is 0 Å². The van der Waals surface area contributed by atoms with E-state index in [0.717, 1.165) is 29.3 Å². The zero-order valence-corrected chi connectivity index (χ0v) is 16.6. The Morgan fingerprint density at radius 2 is 2.00 bits per heavy atom. The SMILES string of the molecule is C[C@@H]1CCC[C@@H](C)N1C(=O)[C@@H](C)Sc1nnc(-c2c[nH]c3ccccc23)o1. The summed E-state index contributed by atoms with van der Waals surface area (Å²) >= 11 is 1.33. The lowest BCUT2D eigenvalue weighted by Crippen LogP contribution is -2.50. The maximum absolute atomic E-state index is 12.9. The summed E-state index contributed by atoms with van der Waals surface area (Å²) in [6.45, 7) is 6.18. The molecule has 142 valence electrons. The van der Waals surface area contributed by atoms with Gasteiger partial charge in [0, 0.05) is 29.2 Å². The second-order valence-electron chi connectivity index (χ2n) is 7.26. The van der Waals surface area contributed by atoms with Gasteiger partial charge in [-0.05, 0) is 46.1 Å². The molecule has 0 unspecified atom stereocenters. The number of nitrogens with one attached hydrogen (secondary N) is 1. The molecule has 1 aromatic carbocycles. The number of carbonyl (C=O) groups excluding carboxylic acids is 1. The summed E-state index contributed by atoms with van der Waals surface area (Å²) in [5, 5.41) is 9.53. The second kappa shape index (κ2) is 7.38. The minimum absolute atomic E-state index is 0.145. The van der Waals surface area contributed by atoms with Crippen LogP contribution >= 0.6 is 11.8 Å². The first-order valence-corrected chi connectivity index (χ1v) is 10.3. The Bertz CT molecular complexity index is 940. The predicted octanol–water partition coefficient (Wildman–Crippen LogP) is 4.49. The Morgan fingerprint density at radius 1 is 1.26 bits per heavy atom. The van der Waals surface area contributed by atoms with Crippen LogP contribution in [0.1, 0.15) is 40.0 Å². The number of piperidine rings is 1. The molecule has 0 spiro atoms. The van der Waals surface area contributed by atoms with Crippen molar-refractivity contribution in [3.8, 4) is 11.5 Å². The molecular weight excluding hydrogens is 360 g/mol. The van der Waals surface area contributed by atoms with Crippen LogP contribution in [0.2, 0.25) is 0 Å². The van der Waals surface area contributed by atoms with E-state index in [-0.39, 0.29) is 23.2 Å². The predicted molar refractivity (Wildman–Crippen MR) is 107 cm³/mol. The largest absolute Gasteiger partial charge is 0.411 e. The van der Waals surface area contributed by atoms with Gasteiger partial charge in [-0.15, -0.1) is 10.2 Å². The van der Waals surface area contributed by atoms with Crippen molar-refractivity contribution in [3.63, 3.8) is 0 Å². The van der Waals surface area contributed by atoms with E-state index in [2.05, 4.69) is 29.0 Å². The lowest BCUT2D eigenvalue weighted by atomic mass is 9.97. The number of fused-ring (bicyclic) bond motifs is 1. The first-order valence-electron chi connectivity index (χ1n) is 9.43. The number of rotatable bonds is 4. The molecule has 1 aliphatic heterocycles. The first-order chi connectivity index (χ1) is 13.0. The van der Waals surface area contributed by atoms with E-state index in [4.69, 9.17) is 4.42 Å². The van der Waals surface area contributed by atoms with Crippen molar-refractivity contribution in [2.45, 2.75) is 62.6 Å². The summed E-state index contributed by atoms with van der Waals surface area (Å²) in [5.41, 5.74) is 1.90. The lowest BCUT2D eigenvalue weighted by molar-refractivity contribution is -0.136. The normalized spacial score (nSPS) is 21.5. The molecule has 1 aliphatic rings. The van der Waals surface area contributed by atoms with Crippen molar-refractivity contribution in [1.29, 1.82) is 0 Å². The molecule has 27 heavy (non-hydrogen) atoms. The standard InChI is InChI=1S/C20H24N4O2S/c1-12-7-6-8-13(2)24(12)19(25)14(3)27-20-23-22-18(26-20)16-11-21-17-10-5-4-9-15(16)17/h4-5,9-14,21H,6-8H2,1-3H3/t12-,13-,14-/m1/s1. The molecule has 7 heteroatoms. The highest BCUT2D eigenvalue weighted by atomic mass is 32.2. The topological polar surface area (TPSA) is 75.0 Å². The monoisotopic (exact) mass is 384 g/mol. The average Bonchev–Trinajstić information content (AvgIpc) is 3.28. The summed E-state index contributed by atoms with van der Waals surface area (Å²) in [7, 11) is 0. The Balaban J connectivity index is 1.50. The van der Waals surface area contributed by atoms with Gasteiger partial charge in [0.05, 0.1) is 10.8 Å². The Kier molecular flexibility index (Phi) is 4.95. The zero-order valence-electron chi connectivity index (χ0n) is 15.8. The van der Waals surface area contributed by atoms with Crippen LogP contribution in [0.25, 0.3) is 22.4 Å². The number of hydrogen-bond acceptors (Lipinski definition) is 5. The summed E-state index contributed by atoms with van der Waals surface area (Å²) in [6, 6.07) is 8.55. The molecule has 4 rings (SSSR count). The van der Waals surface area contributed by atoms with Crippen molar-refractivity contribution < 1.29 is 9.21 Å². The van der Waals surface area contributed by atoms with Crippen LogP contribution in [0.5, 0.6) is 0 Å². The molecule has 2 aromatic heterocycles. The average molecular weight is 385 g/mol. The molecule has 3 heterocycles. The van der Waals surface area contributed by atoms with Crippen molar-refractivity contribution >= 4 is 28.6 Å². The van der Waals surface area contributed by atoms with Crippen molar-refractivity contribution in [2.75, 3.05) is 0 Å². The Hall–Kier alpha value is -2.28. The van der Waals surface area contributed by atoms with Crippen LogP contribution in [-0.4, -0.2) is 43.3 Å². The summed E-state index contributed by atoms with van der Waals surface area (Å²) < 4.78 is 5.85. The molecule has 0 bridgehead atoms. The third-order valence-electron chi connectivity index (χ3n) is 5.30. The third-order valence-corrected chi connectivity index (χ3v) is 6.22. The maximum Gasteiger partial charge on any atom is 0.277 e. The highest BCUT2D eigenvalue weighted by Gasteiger charge is 2.32. The number of benzene rings is 1. The molecule has 1 saturated heterocycles. The fourth-order valence-electron chi connectivity index (χ4n) is 3.88. The molecule has 3 aromatic rings. The first kappa shape index (κ1) is 18.1. The summed E-state index contributed by atoms with van der Waals surface area (Å²) in [5.74, 6) is 0.612. The molecule has 6 nitrogen and oxygen atoms in total. The van der Waals surface area contributed by atoms with Gasteiger partial charge in [-0.3, -0.25) is 4.79 Å². The van der Waals surface area contributed by atoms with E-state index in [1.807, 2.05) is 42.3 Å². The number of carbonyl (C=O) groups is 1. The second-order valence-corrected chi connectivity index (χ2v) is 8.55. The van der Waals surface area contributed by atoms with Crippen LogP contribution in [0.4, 0.5) is 0 Å². The number of hydrogen-bond donors (Lipinski definition) is 1. The molecule has 0 radical (unpaired) electrons. The maximum atomic E-state index is 12.9. The van der Waals surface area contributed by atoms with Crippen LogP contribution < -0.4 is 0 Å². The molecule has 3 atom stereocenters. The van der Waals surface area contributed by atoms with E-state index < -0.39 is 0 Å². The van der Waals surface area contributed by atoms with Crippen LogP contribution in [0, 0.1) is 0 Å². The van der Waals surface area contributed by atoms with E-state index >= 15 is 0 Å². The number of likely N-dealkylation sites (tertiary alicyclic amines) is 1. The van der Waals surface area contributed by atoms with E-state index in [0.29, 0.717) is 11.1 Å². The molecule has 0 aliphatic carbocycles. The number of thioether (sulfide) groups is 1. The smallest absolute Gasteiger partial charge is 0.277 e.